The predicted octanol–water partition coefficient (Wildman–Crippen LogP) is 2.34. The number of hydrogen-bond acceptors (Lipinski definition) is 8. The van der Waals surface area contributed by atoms with Crippen molar-refractivity contribution in [2.75, 3.05) is 24.7 Å². The average Bonchev–Trinajstić information content (AvgIpc) is 3.32. The molecule has 0 bridgehead atoms. The summed E-state index contributed by atoms with van der Waals surface area (Å²) in [5.74, 6) is -1.32. The number of thiophene rings is 1. The van der Waals surface area contributed by atoms with Crippen LogP contribution in [0.2, 0.25) is 0 Å². The smallest absolute Gasteiger partial charge is 0.341 e. The Morgan fingerprint density at radius 2 is 2.00 bits per heavy atom. The van der Waals surface area contributed by atoms with Crippen LogP contribution in [0.3, 0.4) is 0 Å². The molecule has 0 spiro atoms. The Labute approximate surface area is 192 Å². The molecule has 11 heteroatoms. The third kappa shape index (κ3) is 5.32. The van der Waals surface area contributed by atoms with Crippen LogP contribution in [0.5, 0.6) is 0 Å². The first kappa shape index (κ1) is 24.7. The average molecular weight is 487 g/mol. The third-order valence-electron chi connectivity index (χ3n) is 5.79. The maximum atomic E-state index is 12.8. The van der Waals surface area contributed by atoms with Gasteiger partial charge in [-0.25, -0.2) is 13.2 Å². The van der Waals surface area contributed by atoms with Gasteiger partial charge in [0.1, 0.15) is 11.0 Å². The number of anilines is 1. The Morgan fingerprint density at radius 3 is 2.66 bits per heavy atom. The summed E-state index contributed by atoms with van der Waals surface area (Å²) < 4.78 is 35.4. The Kier molecular flexibility index (Phi) is 7.61. The van der Waals surface area contributed by atoms with Gasteiger partial charge in [-0.15, -0.1) is 11.3 Å². The molecule has 1 aliphatic heterocycles. The summed E-state index contributed by atoms with van der Waals surface area (Å²) in [6.45, 7) is 5.77. The van der Waals surface area contributed by atoms with Crippen LogP contribution >= 0.6 is 11.3 Å². The molecule has 3 rings (SSSR count). The van der Waals surface area contributed by atoms with Gasteiger partial charge in [0.2, 0.25) is 10.0 Å². The SMILES string of the molecule is CCOC(=O)c1c(NC(=O)[C@H](C)OC(=O)[C@H]2CCCN2S(C)(=O)=O)sc2c1CC[C@H](C)C2. The minimum Gasteiger partial charge on any atom is -0.462 e. The van der Waals surface area contributed by atoms with Gasteiger partial charge in [0.05, 0.1) is 18.4 Å². The van der Waals surface area contributed by atoms with Crippen molar-refractivity contribution in [3.63, 3.8) is 0 Å². The van der Waals surface area contributed by atoms with Crippen molar-refractivity contribution >= 4 is 44.2 Å². The van der Waals surface area contributed by atoms with E-state index >= 15 is 0 Å². The molecule has 0 saturated carbocycles. The first-order valence-corrected chi connectivity index (χ1v) is 13.5. The van der Waals surface area contributed by atoms with Crippen LogP contribution in [0.25, 0.3) is 0 Å². The molecule has 1 aromatic rings. The van der Waals surface area contributed by atoms with Gasteiger partial charge in [-0.3, -0.25) is 9.59 Å². The lowest BCUT2D eigenvalue weighted by Gasteiger charge is -2.22. The van der Waals surface area contributed by atoms with Crippen LogP contribution in [0.4, 0.5) is 5.00 Å². The van der Waals surface area contributed by atoms with Gasteiger partial charge in [0.25, 0.3) is 5.91 Å². The second kappa shape index (κ2) is 9.88. The monoisotopic (exact) mass is 486 g/mol. The van der Waals surface area contributed by atoms with Gasteiger partial charge in [-0.2, -0.15) is 4.31 Å². The highest BCUT2D eigenvalue weighted by molar-refractivity contribution is 7.88. The molecule has 1 N–H and O–H groups in total. The van der Waals surface area contributed by atoms with Crippen molar-refractivity contribution in [3.8, 4) is 0 Å². The number of nitrogens with zero attached hydrogens (tertiary/aromatic N) is 1. The molecule has 0 radical (unpaired) electrons. The van der Waals surface area contributed by atoms with E-state index in [9.17, 15) is 22.8 Å². The number of carbonyl (C=O) groups is 3. The lowest BCUT2D eigenvalue weighted by molar-refractivity contribution is -0.156. The second-order valence-corrected chi connectivity index (χ2v) is 11.4. The van der Waals surface area contributed by atoms with E-state index in [0.29, 0.717) is 29.3 Å². The van der Waals surface area contributed by atoms with Crippen LogP contribution in [-0.4, -0.2) is 62.1 Å². The van der Waals surface area contributed by atoms with Crippen molar-refractivity contribution in [2.45, 2.75) is 65.0 Å². The summed E-state index contributed by atoms with van der Waals surface area (Å²) in [5.41, 5.74) is 1.30. The summed E-state index contributed by atoms with van der Waals surface area (Å²) in [5, 5.41) is 3.13. The molecule has 178 valence electrons. The molecular weight excluding hydrogens is 456 g/mol. The van der Waals surface area contributed by atoms with E-state index in [1.807, 2.05) is 0 Å². The Bertz CT molecular complexity index is 1000. The molecule has 1 aromatic heterocycles. The quantitative estimate of drug-likeness (QED) is 0.588. The summed E-state index contributed by atoms with van der Waals surface area (Å²) in [7, 11) is -3.55. The maximum Gasteiger partial charge on any atom is 0.341 e. The minimum absolute atomic E-state index is 0.222. The fourth-order valence-electron chi connectivity index (χ4n) is 4.15. The van der Waals surface area contributed by atoms with E-state index in [1.165, 1.54) is 18.3 Å². The lowest BCUT2D eigenvalue weighted by atomic mass is 9.88. The van der Waals surface area contributed by atoms with Crippen LogP contribution in [0.15, 0.2) is 0 Å². The summed E-state index contributed by atoms with van der Waals surface area (Å²) in [6.07, 6.45) is 3.32. The Balaban J connectivity index is 1.74. The topological polar surface area (TPSA) is 119 Å². The number of carbonyl (C=O) groups excluding carboxylic acids is 3. The highest BCUT2D eigenvalue weighted by Crippen LogP contribution is 2.40. The Hall–Kier alpha value is -1.98. The molecular formula is C21H30N2O7S2. The molecule has 0 unspecified atom stereocenters. The van der Waals surface area contributed by atoms with Crippen molar-refractivity contribution in [3.05, 3.63) is 16.0 Å². The molecule has 9 nitrogen and oxygen atoms in total. The van der Waals surface area contributed by atoms with Gasteiger partial charge in [-0.05, 0) is 57.4 Å². The zero-order valence-electron chi connectivity index (χ0n) is 18.8. The minimum atomic E-state index is -3.55. The Morgan fingerprint density at radius 1 is 1.28 bits per heavy atom. The standard InChI is InChI=1S/C21H30N2O7S2/c1-5-29-21(26)17-14-9-8-12(2)11-16(14)31-19(17)22-18(24)13(3)30-20(25)15-7-6-10-23(15)32(4,27)28/h12-13,15H,5-11H2,1-4H3,(H,22,24)/t12-,13-,15+/m0/s1. The fourth-order valence-corrected chi connectivity index (χ4v) is 6.67. The van der Waals surface area contributed by atoms with E-state index < -0.39 is 40.0 Å². The number of esters is 2. The predicted molar refractivity (Wildman–Crippen MR) is 120 cm³/mol. The van der Waals surface area contributed by atoms with Gasteiger partial charge in [0.15, 0.2) is 6.10 Å². The molecule has 1 fully saturated rings. The number of ether oxygens (including phenoxy) is 2. The number of sulfonamides is 1. The molecule has 0 aromatic carbocycles. The van der Waals surface area contributed by atoms with Crippen molar-refractivity contribution in [2.24, 2.45) is 5.92 Å². The number of rotatable bonds is 7. The first-order valence-electron chi connectivity index (χ1n) is 10.8. The van der Waals surface area contributed by atoms with E-state index in [4.69, 9.17) is 9.47 Å². The van der Waals surface area contributed by atoms with Crippen LogP contribution < -0.4 is 5.32 Å². The van der Waals surface area contributed by atoms with Gasteiger partial charge >= 0.3 is 11.9 Å². The van der Waals surface area contributed by atoms with Gasteiger partial charge in [0, 0.05) is 11.4 Å². The third-order valence-corrected chi connectivity index (χ3v) is 8.25. The number of hydrogen-bond donors (Lipinski definition) is 1. The fraction of sp³-hybridized carbons (Fsp3) is 0.667. The summed E-state index contributed by atoms with van der Waals surface area (Å²) in [4.78, 5) is 39.0. The number of nitrogens with one attached hydrogen (secondary N) is 1. The number of amides is 1. The first-order chi connectivity index (χ1) is 15.0. The molecule has 32 heavy (non-hydrogen) atoms. The van der Waals surface area contributed by atoms with Crippen LogP contribution in [0, 0.1) is 5.92 Å². The molecule has 2 heterocycles. The zero-order valence-corrected chi connectivity index (χ0v) is 20.4. The molecule has 2 aliphatic rings. The van der Waals surface area contributed by atoms with Gasteiger partial charge in [-0.1, -0.05) is 6.92 Å². The molecule has 1 saturated heterocycles. The van der Waals surface area contributed by atoms with E-state index in [2.05, 4.69) is 12.2 Å². The largest absolute Gasteiger partial charge is 0.462 e. The van der Waals surface area contributed by atoms with Crippen molar-refractivity contribution < 1.29 is 32.3 Å². The van der Waals surface area contributed by atoms with Crippen LogP contribution in [-0.2, 0) is 41.9 Å². The molecule has 1 amide bonds. The second-order valence-electron chi connectivity index (χ2n) is 8.38. The highest BCUT2D eigenvalue weighted by Gasteiger charge is 2.39. The van der Waals surface area contributed by atoms with E-state index in [0.717, 1.165) is 40.3 Å². The van der Waals surface area contributed by atoms with Crippen molar-refractivity contribution in [1.82, 2.24) is 4.31 Å². The maximum absolute atomic E-state index is 12.8. The lowest BCUT2D eigenvalue weighted by Crippen LogP contribution is -2.43. The van der Waals surface area contributed by atoms with E-state index in [-0.39, 0.29) is 13.2 Å². The zero-order chi connectivity index (χ0) is 23.6. The molecule has 1 aliphatic carbocycles. The summed E-state index contributed by atoms with van der Waals surface area (Å²) in [6, 6.07) is -0.925. The van der Waals surface area contributed by atoms with Crippen LogP contribution in [0.1, 0.15) is 60.8 Å². The van der Waals surface area contributed by atoms with E-state index in [1.54, 1.807) is 6.92 Å². The molecule has 3 atom stereocenters. The van der Waals surface area contributed by atoms with Gasteiger partial charge < -0.3 is 14.8 Å². The highest BCUT2D eigenvalue weighted by atomic mass is 32.2. The normalized spacial score (nSPS) is 22.1. The number of fused-ring (bicyclic) bond motifs is 1. The summed E-state index contributed by atoms with van der Waals surface area (Å²) >= 11 is 1.35. The van der Waals surface area contributed by atoms with Crippen molar-refractivity contribution in [1.29, 1.82) is 0 Å².